The lowest BCUT2D eigenvalue weighted by molar-refractivity contribution is -0.135. The molecule has 2 heterocycles. The minimum Gasteiger partial charge on any atom is -0.336 e. The van der Waals surface area contributed by atoms with Crippen LogP contribution in [0.4, 0.5) is 0 Å². The number of carbonyl (C=O) groups is 1. The van der Waals surface area contributed by atoms with Gasteiger partial charge in [-0.25, -0.2) is 0 Å². The first-order valence-corrected chi connectivity index (χ1v) is 5.53. The Morgan fingerprint density at radius 1 is 1.43 bits per heavy atom. The Hall–Kier alpha value is -0.610. The molecule has 2 atom stereocenters. The van der Waals surface area contributed by atoms with E-state index in [1.807, 2.05) is 4.90 Å². The molecule has 4 nitrogen and oxygen atoms in total. The highest BCUT2D eigenvalue weighted by molar-refractivity contribution is 5.82. The summed E-state index contributed by atoms with van der Waals surface area (Å²) in [7, 11) is 0. The van der Waals surface area contributed by atoms with Crippen LogP contribution < -0.4 is 10.6 Å². The number of hydrogen-bond donors (Lipinski definition) is 2. The second kappa shape index (κ2) is 4.28. The molecule has 2 rings (SSSR count). The highest BCUT2D eigenvalue weighted by Crippen LogP contribution is 2.11. The fourth-order valence-corrected chi connectivity index (χ4v) is 2.26. The summed E-state index contributed by atoms with van der Waals surface area (Å²) in [6, 6.07) is 0.439. The van der Waals surface area contributed by atoms with Crippen LogP contribution in [0, 0.1) is 0 Å². The Bertz CT molecular complexity index is 213. The first-order valence-electron chi connectivity index (χ1n) is 5.53. The fourth-order valence-electron chi connectivity index (χ4n) is 2.26. The van der Waals surface area contributed by atoms with Crippen LogP contribution in [0.3, 0.4) is 0 Å². The predicted octanol–water partition coefficient (Wildman–Crippen LogP) is -0.441. The van der Waals surface area contributed by atoms with Crippen LogP contribution in [0.2, 0.25) is 0 Å². The number of amides is 1. The van der Waals surface area contributed by atoms with Crippen LogP contribution >= 0.6 is 0 Å². The van der Waals surface area contributed by atoms with Crippen molar-refractivity contribution in [2.75, 3.05) is 26.2 Å². The maximum atomic E-state index is 12.0. The molecule has 0 aromatic heterocycles. The molecule has 0 aliphatic carbocycles. The van der Waals surface area contributed by atoms with Gasteiger partial charge in [0.1, 0.15) is 0 Å². The molecule has 2 fully saturated rings. The summed E-state index contributed by atoms with van der Waals surface area (Å²) >= 11 is 0. The molecule has 2 N–H and O–H groups in total. The second-order valence-corrected chi connectivity index (χ2v) is 4.23. The van der Waals surface area contributed by atoms with E-state index in [-0.39, 0.29) is 6.04 Å². The van der Waals surface area contributed by atoms with Gasteiger partial charge < -0.3 is 15.5 Å². The van der Waals surface area contributed by atoms with Gasteiger partial charge in [0.15, 0.2) is 0 Å². The van der Waals surface area contributed by atoms with Crippen molar-refractivity contribution in [3.8, 4) is 0 Å². The third-order valence-corrected chi connectivity index (χ3v) is 3.14. The van der Waals surface area contributed by atoms with E-state index in [0.717, 1.165) is 39.0 Å². The minimum absolute atomic E-state index is 0.0931. The van der Waals surface area contributed by atoms with E-state index in [1.165, 1.54) is 0 Å². The third-order valence-electron chi connectivity index (χ3n) is 3.14. The van der Waals surface area contributed by atoms with Crippen LogP contribution in [0.5, 0.6) is 0 Å². The predicted molar refractivity (Wildman–Crippen MR) is 55.1 cm³/mol. The maximum absolute atomic E-state index is 12.0. The average molecular weight is 197 g/mol. The third kappa shape index (κ3) is 1.91. The molecule has 0 saturated carbocycles. The van der Waals surface area contributed by atoms with Gasteiger partial charge in [-0.1, -0.05) is 0 Å². The molecule has 14 heavy (non-hydrogen) atoms. The summed E-state index contributed by atoms with van der Waals surface area (Å²) in [5.74, 6) is 0.302. The number of carbonyl (C=O) groups excluding carboxylic acids is 1. The van der Waals surface area contributed by atoms with Crippen molar-refractivity contribution in [3.05, 3.63) is 0 Å². The summed E-state index contributed by atoms with van der Waals surface area (Å²) in [5.41, 5.74) is 0. The lowest BCUT2D eigenvalue weighted by atomic mass is 10.1. The average Bonchev–Trinajstić information content (AvgIpc) is 2.70. The molecule has 80 valence electrons. The summed E-state index contributed by atoms with van der Waals surface area (Å²) in [4.78, 5) is 14.1. The van der Waals surface area contributed by atoms with Crippen LogP contribution in [0.25, 0.3) is 0 Å². The van der Waals surface area contributed by atoms with Crippen LogP contribution in [-0.2, 0) is 4.79 Å². The summed E-state index contributed by atoms with van der Waals surface area (Å²) in [6.45, 7) is 5.83. The molecule has 4 heteroatoms. The van der Waals surface area contributed by atoms with E-state index in [1.54, 1.807) is 0 Å². The zero-order valence-corrected chi connectivity index (χ0v) is 8.75. The van der Waals surface area contributed by atoms with Crippen molar-refractivity contribution in [2.24, 2.45) is 0 Å². The summed E-state index contributed by atoms with van der Waals surface area (Å²) in [5, 5.41) is 6.56. The van der Waals surface area contributed by atoms with E-state index >= 15 is 0 Å². The van der Waals surface area contributed by atoms with Crippen molar-refractivity contribution in [1.82, 2.24) is 15.5 Å². The molecule has 1 amide bonds. The van der Waals surface area contributed by atoms with Crippen LogP contribution in [0.15, 0.2) is 0 Å². The molecular weight excluding hydrogens is 178 g/mol. The molecule has 2 saturated heterocycles. The summed E-state index contributed by atoms with van der Waals surface area (Å²) in [6.07, 6.45) is 2.15. The fraction of sp³-hybridized carbons (Fsp3) is 0.900. The Labute approximate surface area is 85.0 Å². The zero-order valence-electron chi connectivity index (χ0n) is 8.75. The molecular formula is C10H19N3O. The molecule has 0 aromatic carbocycles. The van der Waals surface area contributed by atoms with Gasteiger partial charge in [-0.2, -0.15) is 0 Å². The molecule has 0 spiro atoms. The maximum Gasteiger partial charge on any atom is 0.240 e. The van der Waals surface area contributed by atoms with Gasteiger partial charge in [-0.3, -0.25) is 4.79 Å². The lowest BCUT2D eigenvalue weighted by Crippen LogP contribution is -2.56. The van der Waals surface area contributed by atoms with Gasteiger partial charge >= 0.3 is 0 Å². The number of hydrogen-bond acceptors (Lipinski definition) is 3. The van der Waals surface area contributed by atoms with E-state index in [0.29, 0.717) is 11.9 Å². The Morgan fingerprint density at radius 3 is 2.93 bits per heavy atom. The van der Waals surface area contributed by atoms with Crippen molar-refractivity contribution < 1.29 is 4.79 Å². The van der Waals surface area contributed by atoms with Gasteiger partial charge in [-0.15, -0.1) is 0 Å². The van der Waals surface area contributed by atoms with Crippen molar-refractivity contribution in [1.29, 1.82) is 0 Å². The molecule has 0 unspecified atom stereocenters. The molecule has 2 aliphatic rings. The minimum atomic E-state index is 0.0931. The SMILES string of the molecule is C[C@@H]1CNCCN1C(=O)[C@H]1CCCN1. The Morgan fingerprint density at radius 2 is 2.29 bits per heavy atom. The van der Waals surface area contributed by atoms with Gasteiger partial charge in [0, 0.05) is 25.7 Å². The van der Waals surface area contributed by atoms with E-state index < -0.39 is 0 Å². The second-order valence-electron chi connectivity index (χ2n) is 4.23. The Balaban J connectivity index is 1.94. The first kappa shape index (κ1) is 9.93. The lowest BCUT2D eigenvalue weighted by Gasteiger charge is -2.35. The van der Waals surface area contributed by atoms with E-state index in [4.69, 9.17) is 0 Å². The van der Waals surface area contributed by atoms with Crippen LogP contribution in [0.1, 0.15) is 19.8 Å². The molecule has 0 aromatic rings. The highest BCUT2D eigenvalue weighted by Gasteiger charge is 2.30. The molecule has 0 bridgehead atoms. The first-order chi connectivity index (χ1) is 6.79. The van der Waals surface area contributed by atoms with Gasteiger partial charge in [-0.05, 0) is 26.3 Å². The zero-order chi connectivity index (χ0) is 9.97. The highest BCUT2D eigenvalue weighted by atomic mass is 16.2. The van der Waals surface area contributed by atoms with Crippen molar-refractivity contribution in [3.63, 3.8) is 0 Å². The number of nitrogens with zero attached hydrogens (tertiary/aromatic N) is 1. The number of rotatable bonds is 1. The van der Waals surface area contributed by atoms with Gasteiger partial charge in [0.25, 0.3) is 0 Å². The monoisotopic (exact) mass is 197 g/mol. The quantitative estimate of drug-likeness (QED) is 0.599. The van der Waals surface area contributed by atoms with Gasteiger partial charge in [0.2, 0.25) is 5.91 Å². The van der Waals surface area contributed by atoms with E-state index in [9.17, 15) is 4.79 Å². The molecule has 0 radical (unpaired) electrons. The number of nitrogens with one attached hydrogen (secondary N) is 2. The smallest absolute Gasteiger partial charge is 0.240 e. The number of piperazine rings is 1. The van der Waals surface area contributed by atoms with E-state index in [2.05, 4.69) is 17.6 Å². The van der Waals surface area contributed by atoms with Crippen LogP contribution in [-0.4, -0.2) is 49.1 Å². The topological polar surface area (TPSA) is 44.4 Å². The molecule has 2 aliphatic heterocycles. The summed E-state index contributed by atoms with van der Waals surface area (Å²) < 4.78 is 0. The Kier molecular flexibility index (Phi) is 3.03. The van der Waals surface area contributed by atoms with Gasteiger partial charge in [0.05, 0.1) is 6.04 Å². The largest absolute Gasteiger partial charge is 0.336 e. The van der Waals surface area contributed by atoms with Crippen molar-refractivity contribution in [2.45, 2.75) is 31.8 Å². The standard InChI is InChI=1S/C10H19N3O/c1-8-7-11-5-6-13(8)10(14)9-3-2-4-12-9/h8-9,11-12H,2-7H2,1H3/t8-,9-/m1/s1. The van der Waals surface area contributed by atoms with Crippen molar-refractivity contribution >= 4 is 5.91 Å². The normalized spacial score (nSPS) is 33.4.